The van der Waals surface area contributed by atoms with Gasteiger partial charge in [0.2, 0.25) is 5.95 Å². The lowest BCUT2D eigenvalue weighted by Crippen LogP contribution is -2.27. The molecule has 1 aromatic heterocycles. The minimum Gasteiger partial charge on any atom is -0.465 e. The maximum absolute atomic E-state index is 11.6. The normalized spacial score (nSPS) is 11.0. The smallest absolute Gasteiger partial charge is 0.337 e. The van der Waals surface area contributed by atoms with Crippen molar-refractivity contribution in [3.05, 3.63) is 66.2 Å². The Morgan fingerprint density at radius 1 is 0.964 bits per heavy atom. The van der Waals surface area contributed by atoms with Crippen molar-refractivity contribution < 1.29 is 9.53 Å². The van der Waals surface area contributed by atoms with Crippen molar-refractivity contribution in [1.29, 1.82) is 0 Å². The van der Waals surface area contributed by atoms with Gasteiger partial charge >= 0.3 is 5.97 Å². The zero-order valence-electron chi connectivity index (χ0n) is 16.5. The highest BCUT2D eigenvalue weighted by Gasteiger charge is 2.14. The minimum atomic E-state index is -0.364. The second kappa shape index (κ2) is 8.08. The summed E-state index contributed by atoms with van der Waals surface area (Å²) < 4.78 is 4.73. The highest BCUT2D eigenvalue weighted by atomic mass is 16.5. The van der Waals surface area contributed by atoms with Gasteiger partial charge in [0.1, 0.15) is 5.82 Å². The number of nitrogens with one attached hydrogen (secondary N) is 2. The number of hydrogen-bond acceptors (Lipinski definition) is 6. The molecule has 0 atom stereocenters. The molecule has 0 fully saturated rings. The Balaban J connectivity index is 1.93. The van der Waals surface area contributed by atoms with E-state index >= 15 is 0 Å². The molecular weight excluding hydrogens is 352 g/mol. The van der Waals surface area contributed by atoms with Crippen LogP contribution in [0.15, 0.2) is 60.7 Å². The van der Waals surface area contributed by atoms with Crippen LogP contribution in [0.2, 0.25) is 0 Å². The van der Waals surface area contributed by atoms with Crippen LogP contribution < -0.4 is 10.6 Å². The lowest BCUT2D eigenvalue weighted by atomic mass is 10.1. The van der Waals surface area contributed by atoms with Gasteiger partial charge in [-0.2, -0.15) is 4.98 Å². The van der Waals surface area contributed by atoms with Crippen LogP contribution >= 0.6 is 0 Å². The molecule has 0 saturated carbocycles. The van der Waals surface area contributed by atoms with Crippen LogP contribution in [0, 0.1) is 0 Å². The van der Waals surface area contributed by atoms with E-state index in [4.69, 9.17) is 4.74 Å². The third-order valence-corrected chi connectivity index (χ3v) is 3.86. The van der Waals surface area contributed by atoms with Crippen LogP contribution in [0.5, 0.6) is 0 Å². The van der Waals surface area contributed by atoms with Crippen molar-refractivity contribution >= 4 is 23.4 Å². The van der Waals surface area contributed by atoms with Gasteiger partial charge < -0.3 is 15.4 Å². The first-order chi connectivity index (χ1) is 13.3. The molecule has 144 valence electrons. The molecule has 3 aromatic rings. The fraction of sp³-hybridized carbons (Fsp3) is 0.227. The summed E-state index contributed by atoms with van der Waals surface area (Å²) in [5, 5.41) is 6.61. The fourth-order valence-electron chi connectivity index (χ4n) is 2.61. The van der Waals surface area contributed by atoms with Crippen LogP contribution in [0.4, 0.5) is 17.5 Å². The molecule has 0 bridgehead atoms. The van der Waals surface area contributed by atoms with Crippen molar-refractivity contribution in [3.8, 4) is 11.3 Å². The zero-order valence-corrected chi connectivity index (χ0v) is 16.5. The van der Waals surface area contributed by atoms with Gasteiger partial charge in [0.15, 0.2) is 0 Å². The van der Waals surface area contributed by atoms with E-state index in [2.05, 4.69) is 41.4 Å². The summed E-state index contributed by atoms with van der Waals surface area (Å²) in [7, 11) is 1.37. The van der Waals surface area contributed by atoms with E-state index in [9.17, 15) is 4.79 Å². The summed E-state index contributed by atoms with van der Waals surface area (Å²) in [6, 6.07) is 18.9. The molecule has 0 aliphatic rings. The predicted molar refractivity (Wildman–Crippen MR) is 112 cm³/mol. The number of nitrogens with zero attached hydrogens (tertiary/aromatic N) is 2. The van der Waals surface area contributed by atoms with Gasteiger partial charge in [-0.15, -0.1) is 0 Å². The maximum atomic E-state index is 11.6. The third-order valence-electron chi connectivity index (χ3n) is 3.86. The Hall–Kier alpha value is -3.41. The number of hydrogen-bond donors (Lipinski definition) is 2. The summed E-state index contributed by atoms with van der Waals surface area (Å²) in [4.78, 5) is 20.8. The molecule has 0 saturated heterocycles. The number of rotatable bonds is 5. The number of carbonyl (C=O) groups excluding carboxylic acids is 1. The predicted octanol–water partition coefficient (Wildman–Crippen LogP) is 4.88. The number of aromatic nitrogens is 2. The summed E-state index contributed by atoms with van der Waals surface area (Å²) in [6.07, 6.45) is 0. The van der Waals surface area contributed by atoms with Gasteiger partial charge in [-0.05, 0) is 45.0 Å². The maximum Gasteiger partial charge on any atom is 0.337 e. The first-order valence-electron chi connectivity index (χ1n) is 9.02. The number of esters is 1. The highest BCUT2D eigenvalue weighted by Crippen LogP contribution is 2.25. The Morgan fingerprint density at radius 2 is 1.64 bits per heavy atom. The van der Waals surface area contributed by atoms with Gasteiger partial charge in [-0.3, -0.25) is 0 Å². The number of benzene rings is 2. The summed E-state index contributed by atoms with van der Waals surface area (Å²) >= 11 is 0. The van der Waals surface area contributed by atoms with Gasteiger partial charge in [0, 0.05) is 22.9 Å². The summed E-state index contributed by atoms with van der Waals surface area (Å²) in [5.74, 6) is 0.838. The molecule has 0 spiro atoms. The van der Waals surface area contributed by atoms with E-state index < -0.39 is 0 Å². The molecular formula is C22H24N4O2. The van der Waals surface area contributed by atoms with E-state index in [1.807, 2.05) is 48.5 Å². The van der Waals surface area contributed by atoms with E-state index in [-0.39, 0.29) is 11.5 Å². The van der Waals surface area contributed by atoms with E-state index in [1.165, 1.54) is 7.11 Å². The second-order valence-corrected chi connectivity index (χ2v) is 7.40. The first kappa shape index (κ1) is 19.4. The van der Waals surface area contributed by atoms with Crippen molar-refractivity contribution in [2.45, 2.75) is 26.3 Å². The molecule has 3 rings (SSSR count). The van der Waals surface area contributed by atoms with Crippen molar-refractivity contribution in [2.75, 3.05) is 17.7 Å². The molecule has 6 nitrogen and oxygen atoms in total. The van der Waals surface area contributed by atoms with Gasteiger partial charge in [-0.1, -0.05) is 30.3 Å². The van der Waals surface area contributed by atoms with Crippen molar-refractivity contribution in [1.82, 2.24) is 9.97 Å². The fourth-order valence-corrected chi connectivity index (χ4v) is 2.61. The van der Waals surface area contributed by atoms with Crippen molar-refractivity contribution in [3.63, 3.8) is 0 Å². The number of carbonyl (C=O) groups is 1. The first-order valence-corrected chi connectivity index (χ1v) is 9.02. The molecule has 0 aliphatic heterocycles. The third kappa shape index (κ3) is 5.07. The average Bonchev–Trinajstić information content (AvgIpc) is 2.67. The zero-order chi connectivity index (χ0) is 20.1. The Bertz CT molecular complexity index is 949. The van der Waals surface area contributed by atoms with Crippen LogP contribution in [0.3, 0.4) is 0 Å². The van der Waals surface area contributed by atoms with Gasteiger partial charge in [-0.25, -0.2) is 9.78 Å². The van der Waals surface area contributed by atoms with Crippen LogP contribution in [-0.2, 0) is 4.74 Å². The standard InChI is InChI=1S/C22H24N4O2/c1-22(2,3)26-21-24-18(15-8-6-5-7-9-15)14-19(25-21)23-17-12-10-16(11-13-17)20(27)28-4/h5-14H,1-4H3,(H2,23,24,25,26). The lowest BCUT2D eigenvalue weighted by Gasteiger charge is -2.21. The molecule has 1 heterocycles. The molecule has 6 heteroatoms. The number of methoxy groups -OCH3 is 1. The van der Waals surface area contributed by atoms with Gasteiger partial charge in [0.25, 0.3) is 0 Å². The van der Waals surface area contributed by atoms with Crippen LogP contribution in [0.1, 0.15) is 31.1 Å². The number of ether oxygens (including phenoxy) is 1. The second-order valence-electron chi connectivity index (χ2n) is 7.40. The number of anilines is 3. The SMILES string of the molecule is COC(=O)c1ccc(Nc2cc(-c3ccccc3)nc(NC(C)(C)C)n2)cc1. The minimum absolute atomic E-state index is 0.172. The Kier molecular flexibility index (Phi) is 5.59. The largest absolute Gasteiger partial charge is 0.465 e. The molecule has 0 aliphatic carbocycles. The molecule has 2 aromatic carbocycles. The molecule has 0 amide bonds. The lowest BCUT2D eigenvalue weighted by molar-refractivity contribution is 0.0601. The quantitative estimate of drug-likeness (QED) is 0.618. The van der Waals surface area contributed by atoms with E-state index in [1.54, 1.807) is 12.1 Å². The van der Waals surface area contributed by atoms with E-state index in [0.717, 1.165) is 16.9 Å². The van der Waals surface area contributed by atoms with Crippen molar-refractivity contribution in [2.24, 2.45) is 0 Å². The van der Waals surface area contributed by atoms with Crippen LogP contribution in [-0.4, -0.2) is 28.6 Å². The average molecular weight is 376 g/mol. The topological polar surface area (TPSA) is 76.1 Å². The molecule has 0 radical (unpaired) electrons. The molecule has 2 N–H and O–H groups in total. The Morgan fingerprint density at radius 3 is 2.25 bits per heavy atom. The van der Waals surface area contributed by atoms with Gasteiger partial charge in [0.05, 0.1) is 18.4 Å². The molecule has 28 heavy (non-hydrogen) atoms. The monoisotopic (exact) mass is 376 g/mol. The molecule has 0 unspecified atom stereocenters. The highest BCUT2D eigenvalue weighted by molar-refractivity contribution is 5.89. The summed E-state index contributed by atoms with van der Waals surface area (Å²) in [5.41, 5.74) is 2.96. The van der Waals surface area contributed by atoms with Crippen LogP contribution in [0.25, 0.3) is 11.3 Å². The van der Waals surface area contributed by atoms with E-state index in [0.29, 0.717) is 17.3 Å². The summed E-state index contributed by atoms with van der Waals surface area (Å²) in [6.45, 7) is 6.18. The Labute approximate surface area is 165 Å².